The van der Waals surface area contributed by atoms with Crippen molar-refractivity contribution in [1.29, 1.82) is 0 Å². The Bertz CT molecular complexity index is 1020. The van der Waals surface area contributed by atoms with Gasteiger partial charge in [-0.2, -0.15) is 0 Å². The number of rotatable bonds is 50. The van der Waals surface area contributed by atoms with E-state index < -0.39 is 20.0 Å². The highest BCUT2D eigenvalue weighted by molar-refractivity contribution is 7.45. The van der Waals surface area contributed by atoms with E-state index in [1.807, 2.05) is 27.2 Å². The van der Waals surface area contributed by atoms with Crippen LogP contribution in [-0.2, 0) is 18.4 Å². The molecule has 0 aromatic heterocycles. The number of carbonyl (C=O) groups excluding carboxylic acids is 1. The quantitative estimate of drug-likeness (QED) is 0.0272. The molecule has 0 aliphatic rings. The number of amides is 1. The highest BCUT2D eigenvalue weighted by Gasteiger charge is 2.23. The smallest absolute Gasteiger partial charge is 0.268 e. The molecule has 62 heavy (non-hydrogen) atoms. The number of aliphatic hydroxyl groups excluding tert-OH is 1. The zero-order chi connectivity index (χ0) is 45.7. The van der Waals surface area contributed by atoms with Gasteiger partial charge in [0.1, 0.15) is 13.2 Å². The summed E-state index contributed by atoms with van der Waals surface area (Å²) in [5, 5.41) is 13.8. The fourth-order valence-corrected chi connectivity index (χ4v) is 8.94. The normalized spacial score (nSPS) is 14.1. The van der Waals surface area contributed by atoms with Crippen molar-refractivity contribution in [2.75, 3.05) is 40.9 Å². The maximum Gasteiger partial charge on any atom is 0.268 e. The van der Waals surface area contributed by atoms with E-state index in [2.05, 4.69) is 19.2 Å². The molecule has 3 atom stereocenters. The maximum absolute atomic E-state index is 12.9. The molecule has 0 spiro atoms. The molecule has 0 saturated heterocycles. The fraction of sp³-hybridized carbons (Fsp3) is 0.943. The van der Waals surface area contributed by atoms with E-state index >= 15 is 0 Å². The second-order valence-corrected chi connectivity index (χ2v) is 21.4. The molecule has 0 rings (SSSR count). The number of allylic oxidation sites excluding steroid dienone is 1. The summed E-state index contributed by atoms with van der Waals surface area (Å²) >= 11 is 0. The molecular weight excluding hydrogens is 792 g/mol. The Labute approximate surface area is 386 Å². The third-order valence-corrected chi connectivity index (χ3v) is 13.5. The van der Waals surface area contributed by atoms with E-state index in [0.717, 1.165) is 38.5 Å². The van der Waals surface area contributed by atoms with Crippen LogP contribution in [0.25, 0.3) is 0 Å². The van der Waals surface area contributed by atoms with Crippen molar-refractivity contribution in [3.63, 3.8) is 0 Å². The first-order valence-electron chi connectivity index (χ1n) is 27.1. The van der Waals surface area contributed by atoms with Crippen LogP contribution in [0.3, 0.4) is 0 Å². The minimum absolute atomic E-state index is 0.00233. The van der Waals surface area contributed by atoms with Crippen molar-refractivity contribution >= 4 is 13.7 Å². The summed E-state index contributed by atoms with van der Waals surface area (Å²) in [6.45, 7) is 4.68. The predicted octanol–water partition coefficient (Wildman–Crippen LogP) is 15.2. The summed E-state index contributed by atoms with van der Waals surface area (Å²) in [6, 6.07) is -0.880. The number of nitrogens with one attached hydrogen (secondary N) is 1. The van der Waals surface area contributed by atoms with Gasteiger partial charge in [0.25, 0.3) is 7.82 Å². The van der Waals surface area contributed by atoms with Gasteiger partial charge in [0, 0.05) is 6.42 Å². The molecule has 0 aromatic carbocycles. The lowest BCUT2D eigenvalue weighted by Crippen LogP contribution is -2.45. The highest BCUT2D eigenvalue weighted by Crippen LogP contribution is 2.38. The van der Waals surface area contributed by atoms with Gasteiger partial charge in [0.15, 0.2) is 0 Å². The second kappa shape index (κ2) is 45.4. The van der Waals surface area contributed by atoms with E-state index in [1.54, 1.807) is 6.08 Å². The summed E-state index contributed by atoms with van der Waals surface area (Å²) in [5.41, 5.74) is 0. The standard InChI is InChI=1S/C53H107N2O6P/c1-6-8-10-12-14-16-18-20-21-22-23-24-25-26-27-28-29-30-31-32-33-35-37-39-41-43-45-47-53(57)54-51(50-61-62(58,59)60-49-48-55(3,4)5)52(56)46-44-42-40-38-36-34-19-17-15-13-11-9-7-2/h44,46,51-52,56H,6-43,45,47-50H2,1-5H3,(H-,54,57,58,59)/b46-44+. The van der Waals surface area contributed by atoms with Crippen molar-refractivity contribution < 1.29 is 32.9 Å². The van der Waals surface area contributed by atoms with Crippen LogP contribution in [0.4, 0.5) is 0 Å². The van der Waals surface area contributed by atoms with Crippen molar-refractivity contribution in [2.45, 2.75) is 283 Å². The van der Waals surface area contributed by atoms with Gasteiger partial charge in [-0.25, -0.2) is 0 Å². The first-order chi connectivity index (χ1) is 30.0. The number of quaternary nitrogens is 1. The Morgan fingerprint density at radius 3 is 1.21 bits per heavy atom. The molecule has 8 nitrogen and oxygen atoms in total. The topological polar surface area (TPSA) is 108 Å². The van der Waals surface area contributed by atoms with Gasteiger partial charge in [-0.15, -0.1) is 0 Å². The number of hydrogen-bond acceptors (Lipinski definition) is 6. The van der Waals surface area contributed by atoms with E-state index in [1.165, 1.54) is 212 Å². The number of hydrogen-bond donors (Lipinski definition) is 2. The first-order valence-corrected chi connectivity index (χ1v) is 28.5. The Hall–Kier alpha value is -0.760. The van der Waals surface area contributed by atoms with E-state index in [9.17, 15) is 19.4 Å². The second-order valence-electron chi connectivity index (χ2n) is 19.9. The molecule has 0 saturated carbocycles. The molecule has 370 valence electrons. The lowest BCUT2D eigenvalue weighted by atomic mass is 10.0. The fourth-order valence-electron chi connectivity index (χ4n) is 8.21. The van der Waals surface area contributed by atoms with Gasteiger partial charge in [-0.1, -0.05) is 257 Å². The third kappa shape index (κ3) is 47.2. The zero-order valence-electron chi connectivity index (χ0n) is 42.1. The average molecular weight is 899 g/mol. The minimum atomic E-state index is -4.59. The van der Waals surface area contributed by atoms with Crippen molar-refractivity contribution in [1.82, 2.24) is 5.32 Å². The molecule has 3 unspecified atom stereocenters. The molecule has 0 heterocycles. The van der Waals surface area contributed by atoms with Crippen LogP contribution in [0.1, 0.15) is 271 Å². The molecule has 0 fully saturated rings. The maximum atomic E-state index is 12.9. The first kappa shape index (κ1) is 61.2. The summed E-state index contributed by atoms with van der Waals surface area (Å²) in [6.07, 6.45) is 54.3. The summed E-state index contributed by atoms with van der Waals surface area (Å²) in [5.74, 6) is -0.192. The van der Waals surface area contributed by atoms with E-state index in [0.29, 0.717) is 17.4 Å². The summed E-state index contributed by atoms with van der Waals surface area (Å²) in [7, 11) is 1.27. The van der Waals surface area contributed by atoms with Gasteiger partial charge in [0.05, 0.1) is 39.9 Å². The number of likely N-dealkylation sites (N-methyl/N-ethyl adjacent to an activating group) is 1. The van der Waals surface area contributed by atoms with E-state index in [-0.39, 0.29) is 19.1 Å². The number of nitrogens with zero attached hydrogens (tertiary/aromatic N) is 1. The summed E-state index contributed by atoms with van der Waals surface area (Å²) in [4.78, 5) is 25.4. The number of phosphoric ester groups is 1. The van der Waals surface area contributed by atoms with Crippen molar-refractivity contribution in [3.8, 4) is 0 Å². The SMILES string of the molecule is CCCCCCCCCCCCC/C=C/C(O)C(COP(=O)([O-])OCC[N+](C)(C)C)NC(=O)CCCCCCCCCCCCCCCCCCCCCCCCCCCCC. The van der Waals surface area contributed by atoms with Gasteiger partial charge in [-0.05, 0) is 19.3 Å². The number of unbranched alkanes of at least 4 members (excludes halogenated alkanes) is 37. The van der Waals surface area contributed by atoms with E-state index in [4.69, 9.17) is 9.05 Å². The molecule has 0 bridgehead atoms. The van der Waals surface area contributed by atoms with Crippen LogP contribution in [-0.4, -0.2) is 68.5 Å². The Balaban J connectivity index is 4.09. The lowest BCUT2D eigenvalue weighted by Gasteiger charge is -2.29. The van der Waals surface area contributed by atoms with Gasteiger partial charge >= 0.3 is 0 Å². The van der Waals surface area contributed by atoms with Crippen LogP contribution in [0.15, 0.2) is 12.2 Å². The number of aliphatic hydroxyl groups is 1. The summed E-state index contributed by atoms with van der Waals surface area (Å²) < 4.78 is 23.3. The third-order valence-electron chi connectivity index (χ3n) is 12.5. The number of carbonyl (C=O) groups is 1. The van der Waals surface area contributed by atoms with Crippen LogP contribution >= 0.6 is 7.82 Å². The Morgan fingerprint density at radius 1 is 0.548 bits per heavy atom. The lowest BCUT2D eigenvalue weighted by molar-refractivity contribution is -0.870. The molecule has 9 heteroatoms. The van der Waals surface area contributed by atoms with Gasteiger partial charge < -0.3 is 28.8 Å². The molecule has 0 aromatic rings. The zero-order valence-corrected chi connectivity index (χ0v) is 43.0. The van der Waals surface area contributed by atoms with Gasteiger partial charge in [-0.3, -0.25) is 9.36 Å². The van der Waals surface area contributed by atoms with Crippen LogP contribution in [0.5, 0.6) is 0 Å². The molecule has 0 radical (unpaired) electrons. The minimum Gasteiger partial charge on any atom is -0.756 e. The Morgan fingerprint density at radius 2 is 0.871 bits per heavy atom. The molecular formula is C53H107N2O6P. The predicted molar refractivity (Wildman–Crippen MR) is 266 cm³/mol. The molecule has 2 N–H and O–H groups in total. The Kier molecular flexibility index (Phi) is 44.8. The number of phosphoric acid groups is 1. The monoisotopic (exact) mass is 899 g/mol. The molecule has 0 aliphatic heterocycles. The van der Waals surface area contributed by atoms with Crippen LogP contribution < -0.4 is 10.2 Å². The van der Waals surface area contributed by atoms with Crippen LogP contribution in [0, 0.1) is 0 Å². The van der Waals surface area contributed by atoms with Crippen molar-refractivity contribution in [3.05, 3.63) is 12.2 Å². The molecule has 0 aliphatic carbocycles. The van der Waals surface area contributed by atoms with Gasteiger partial charge in [0.2, 0.25) is 5.91 Å². The van der Waals surface area contributed by atoms with Crippen molar-refractivity contribution in [2.24, 2.45) is 0 Å². The largest absolute Gasteiger partial charge is 0.756 e. The average Bonchev–Trinajstić information content (AvgIpc) is 3.23. The van der Waals surface area contributed by atoms with Crippen LogP contribution in [0.2, 0.25) is 0 Å². The molecule has 1 amide bonds. The highest BCUT2D eigenvalue weighted by atomic mass is 31.2.